The number of alkyl halides is 3. The SMILES string of the molecule is O=C(NCCn1nc(C(F)(F)F)cc1C1CC1)[C@@H]1COc2ccccc2O1. The Hall–Kier alpha value is -2.71. The Labute approximate surface area is 153 Å². The average Bonchev–Trinajstić information content (AvgIpc) is 3.40. The predicted molar refractivity (Wildman–Crippen MR) is 88.6 cm³/mol. The first-order chi connectivity index (χ1) is 12.9. The van der Waals surface area contributed by atoms with Crippen LogP contribution in [-0.4, -0.2) is 34.9 Å². The molecule has 0 bridgehead atoms. The first-order valence-corrected chi connectivity index (χ1v) is 8.73. The van der Waals surface area contributed by atoms with E-state index in [-0.39, 0.29) is 31.5 Å². The molecule has 1 saturated carbocycles. The lowest BCUT2D eigenvalue weighted by atomic mass is 10.2. The number of fused-ring (bicyclic) bond motifs is 1. The number of rotatable bonds is 5. The number of ether oxygens (including phenoxy) is 2. The van der Waals surface area contributed by atoms with Crippen molar-refractivity contribution in [2.24, 2.45) is 0 Å². The minimum absolute atomic E-state index is 0.0795. The molecule has 4 rings (SSSR count). The summed E-state index contributed by atoms with van der Waals surface area (Å²) in [5, 5.41) is 6.35. The number of halogens is 3. The highest BCUT2D eigenvalue weighted by molar-refractivity contribution is 5.81. The summed E-state index contributed by atoms with van der Waals surface area (Å²) in [6, 6.07) is 8.14. The Bertz CT molecular complexity index is 846. The van der Waals surface area contributed by atoms with Gasteiger partial charge in [-0.1, -0.05) is 12.1 Å². The van der Waals surface area contributed by atoms with E-state index in [0.29, 0.717) is 17.2 Å². The number of para-hydroxylation sites is 2. The molecule has 1 aromatic heterocycles. The maximum atomic E-state index is 12.9. The van der Waals surface area contributed by atoms with Gasteiger partial charge in [0.2, 0.25) is 6.10 Å². The monoisotopic (exact) mass is 381 g/mol. The molecule has 144 valence electrons. The maximum absolute atomic E-state index is 12.9. The van der Waals surface area contributed by atoms with E-state index in [1.807, 2.05) is 0 Å². The second kappa shape index (κ2) is 6.79. The summed E-state index contributed by atoms with van der Waals surface area (Å²) >= 11 is 0. The highest BCUT2D eigenvalue weighted by Gasteiger charge is 2.37. The molecule has 1 aliphatic heterocycles. The average molecular weight is 381 g/mol. The van der Waals surface area contributed by atoms with Gasteiger partial charge in [0, 0.05) is 18.2 Å². The zero-order chi connectivity index (χ0) is 19.0. The van der Waals surface area contributed by atoms with E-state index in [9.17, 15) is 18.0 Å². The second-order valence-electron chi connectivity index (χ2n) is 6.60. The molecule has 0 spiro atoms. The van der Waals surface area contributed by atoms with Crippen LogP contribution in [0.5, 0.6) is 11.5 Å². The van der Waals surface area contributed by atoms with Crippen molar-refractivity contribution in [1.29, 1.82) is 0 Å². The molecule has 1 aliphatic carbocycles. The van der Waals surface area contributed by atoms with E-state index in [2.05, 4.69) is 10.4 Å². The number of benzene rings is 1. The van der Waals surface area contributed by atoms with Gasteiger partial charge in [-0.05, 0) is 31.0 Å². The predicted octanol–water partition coefficient (Wildman–Crippen LogP) is 2.74. The Kier molecular flexibility index (Phi) is 4.45. The van der Waals surface area contributed by atoms with Crippen LogP contribution in [0.1, 0.15) is 30.1 Å². The molecular weight excluding hydrogens is 363 g/mol. The number of nitrogens with one attached hydrogen (secondary N) is 1. The van der Waals surface area contributed by atoms with Crippen LogP contribution in [0, 0.1) is 0 Å². The minimum atomic E-state index is -4.47. The lowest BCUT2D eigenvalue weighted by Crippen LogP contribution is -2.44. The quantitative estimate of drug-likeness (QED) is 0.865. The molecule has 0 unspecified atom stereocenters. The Morgan fingerprint density at radius 1 is 1.26 bits per heavy atom. The summed E-state index contributed by atoms with van der Waals surface area (Å²) in [6.45, 7) is 0.396. The van der Waals surface area contributed by atoms with E-state index in [4.69, 9.17) is 9.47 Å². The number of aromatic nitrogens is 2. The zero-order valence-electron chi connectivity index (χ0n) is 14.3. The highest BCUT2D eigenvalue weighted by Crippen LogP contribution is 2.42. The topological polar surface area (TPSA) is 65.4 Å². The molecule has 1 fully saturated rings. The maximum Gasteiger partial charge on any atom is 0.435 e. The number of carbonyl (C=O) groups is 1. The van der Waals surface area contributed by atoms with E-state index in [0.717, 1.165) is 18.9 Å². The van der Waals surface area contributed by atoms with Gasteiger partial charge in [-0.15, -0.1) is 0 Å². The smallest absolute Gasteiger partial charge is 0.435 e. The van der Waals surface area contributed by atoms with Crippen molar-refractivity contribution in [2.45, 2.75) is 37.6 Å². The van der Waals surface area contributed by atoms with Gasteiger partial charge in [0.15, 0.2) is 17.2 Å². The van der Waals surface area contributed by atoms with E-state index < -0.39 is 18.0 Å². The molecule has 1 atom stereocenters. The standard InChI is InChI=1S/C18H18F3N3O3/c19-18(20,21)16-9-12(11-5-6-11)24(23-16)8-7-22-17(25)15-10-26-13-3-1-2-4-14(13)27-15/h1-4,9,11,15H,5-8,10H2,(H,22,25)/t15-/m0/s1. The van der Waals surface area contributed by atoms with Gasteiger partial charge in [-0.25, -0.2) is 0 Å². The molecular formula is C18H18F3N3O3. The lowest BCUT2D eigenvalue weighted by molar-refractivity contribution is -0.141. The molecule has 2 aromatic rings. The third-order valence-electron chi connectivity index (χ3n) is 4.52. The summed E-state index contributed by atoms with van der Waals surface area (Å²) in [4.78, 5) is 12.3. The Morgan fingerprint density at radius 3 is 2.70 bits per heavy atom. The minimum Gasteiger partial charge on any atom is -0.485 e. The number of carbonyl (C=O) groups excluding carboxylic acids is 1. The number of nitrogens with zero attached hydrogens (tertiary/aromatic N) is 2. The third kappa shape index (κ3) is 3.86. The summed E-state index contributed by atoms with van der Waals surface area (Å²) in [5.74, 6) is 0.810. The van der Waals surface area contributed by atoms with Crippen LogP contribution in [0.3, 0.4) is 0 Å². The molecule has 2 aliphatic rings. The first-order valence-electron chi connectivity index (χ1n) is 8.73. The van der Waals surface area contributed by atoms with Gasteiger partial charge in [0.1, 0.15) is 6.61 Å². The largest absolute Gasteiger partial charge is 0.485 e. The zero-order valence-corrected chi connectivity index (χ0v) is 14.3. The summed E-state index contributed by atoms with van der Waals surface area (Å²) < 4.78 is 51.2. The van der Waals surface area contributed by atoms with Gasteiger partial charge in [-0.2, -0.15) is 18.3 Å². The molecule has 2 heterocycles. The first kappa shape index (κ1) is 17.7. The van der Waals surface area contributed by atoms with Crippen molar-refractivity contribution in [3.8, 4) is 11.5 Å². The van der Waals surface area contributed by atoms with E-state index in [1.54, 1.807) is 24.3 Å². The fraction of sp³-hybridized carbons (Fsp3) is 0.444. The number of hydrogen-bond donors (Lipinski definition) is 1. The molecule has 1 amide bonds. The van der Waals surface area contributed by atoms with Crippen molar-refractivity contribution in [3.63, 3.8) is 0 Å². The molecule has 27 heavy (non-hydrogen) atoms. The lowest BCUT2D eigenvalue weighted by Gasteiger charge is -2.25. The molecule has 6 nitrogen and oxygen atoms in total. The van der Waals surface area contributed by atoms with Crippen LogP contribution >= 0.6 is 0 Å². The van der Waals surface area contributed by atoms with Crippen molar-refractivity contribution in [1.82, 2.24) is 15.1 Å². The molecule has 1 aromatic carbocycles. The van der Waals surface area contributed by atoms with Crippen LogP contribution in [0.2, 0.25) is 0 Å². The van der Waals surface area contributed by atoms with Crippen LogP contribution in [0.25, 0.3) is 0 Å². The van der Waals surface area contributed by atoms with Gasteiger partial charge >= 0.3 is 6.18 Å². The van der Waals surface area contributed by atoms with Crippen molar-refractivity contribution >= 4 is 5.91 Å². The van der Waals surface area contributed by atoms with Crippen LogP contribution in [0.15, 0.2) is 30.3 Å². The van der Waals surface area contributed by atoms with Gasteiger partial charge in [-0.3, -0.25) is 9.48 Å². The second-order valence-corrected chi connectivity index (χ2v) is 6.60. The number of amides is 1. The molecule has 0 saturated heterocycles. The Morgan fingerprint density at radius 2 is 2.00 bits per heavy atom. The third-order valence-corrected chi connectivity index (χ3v) is 4.52. The van der Waals surface area contributed by atoms with Crippen molar-refractivity contribution < 1.29 is 27.4 Å². The Balaban J connectivity index is 1.35. The van der Waals surface area contributed by atoms with Gasteiger partial charge in [0.05, 0.1) is 6.54 Å². The van der Waals surface area contributed by atoms with Crippen LogP contribution in [0.4, 0.5) is 13.2 Å². The fourth-order valence-electron chi connectivity index (χ4n) is 3.00. The van der Waals surface area contributed by atoms with E-state index in [1.165, 1.54) is 4.68 Å². The van der Waals surface area contributed by atoms with E-state index >= 15 is 0 Å². The van der Waals surface area contributed by atoms with Crippen LogP contribution < -0.4 is 14.8 Å². The highest BCUT2D eigenvalue weighted by atomic mass is 19.4. The molecule has 0 radical (unpaired) electrons. The fourth-order valence-corrected chi connectivity index (χ4v) is 3.00. The molecule has 9 heteroatoms. The van der Waals surface area contributed by atoms with Crippen LogP contribution in [-0.2, 0) is 17.5 Å². The van der Waals surface area contributed by atoms with Crippen molar-refractivity contribution in [3.05, 3.63) is 41.7 Å². The van der Waals surface area contributed by atoms with Crippen molar-refractivity contribution in [2.75, 3.05) is 13.2 Å². The molecule has 1 N–H and O–H groups in total. The summed E-state index contributed by atoms with van der Waals surface area (Å²) in [7, 11) is 0. The summed E-state index contributed by atoms with van der Waals surface area (Å²) in [6.07, 6.45) is -3.55. The summed E-state index contributed by atoms with van der Waals surface area (Å²) in [5.41, 5.74) is -0.320. The normalized spacial score (nSPS) is 19.0. The van der Waals surface area contributed by atoms with Gasteiger partial charge < -0.3 is 14.8 Å². The number of hydrogen-bond acceptors (Lipinski definition) is 4. The van der Waals surface area contributed by atoms with Gasteiger partial charge in [0.25, 0.3) is 5.91 Å².